The summed E-state index contributed by atoms with van der Waals surface area (Å²) in [7, 11) is 0. The van der Waals surface area contributed by atoms with Crippen molar-refractivity contribution in [3.8, 4) is 0 Å². The van der Waals surface area contributed by atoms with Gasteiger partial charge in [0, 0.05) is 18.5 Å². The van der Waals surface area contributed by atoms with Gasteiger partial charge >= 0.3 is 5.97 Å². The topological polar surface area (TPSA) is 122 Å². The van der Waals surface area contributed by atoms with Crippen LogP contribution in [-0.4, -0.2) is 33.4 Å². The number of nitrogens with one attached hydrogen (secondary N) is 1. The molecule has 0 unspecified atom stereocenters. The lowest BCUT2D eigenvalue weighted by Gasteiger charge is -2.03. The highest BCUT2D eigenvalue weighted by molar-refractivity contribution is 8.01. The molecular weight excluding hydrogens is 401 g/mol. The number of carbonyl (C=O) groups is 2. The van der Waals surface area contributed by atoms with Gasteiger partial charge in [0.1, 0.15) is 15.6 Å². The number of nitrogens with zero attached hydrogens (tertiary/aromatic N) is 2. The number of thiophene rings is 1. The number of nitro groups is 1. The predicted octanol–water partition coefficient (Wildman–Crippen LogP) is 3.32. The van der Waals surface area contributed by atoms with Gasteiger partial charge in [0.2, 0.25) is 0 Å². The normalized spacial score (nSPS) is 10.4. The molecule has 2 aromatic heterocycles. The molecule has 0 aliphatic heterocycles. The van der Waals surface area contributed by atoms with Gasteiger partial charge in [0.25, 0.3) is 11.6 Å². The predicted molar refractivity (Wildman–Crippen MR) is 89.3 cm³/mol. The summed E-state index contributed by atoms with van der Waals surface area (Å²) in [5.74, 6) is -1.94. The number of carboxylic acid groups (broad SMARTS) is 1. The second-order valence-corrected chi connectivity index (χ2v) is 7.30. The molecule has 0 saturated heterocycles. The molecule has 0 aromatic carbocycles. The third-order valence-electron chi connectivity index (χ3n) is 2.50. The van der Waals surface area contributed by atoms with E-state index in [0.29, 0.717) is 4.90 Å². The summed E-state index contributed by atoms with van der Waals surface area (Å²) in [5, 5.41) is 22.3. The smallest absolute Gasteiger partial charge is 0.322 e. The van der Waals surface area contributed by atoms with Crippen molar-refractivity contribution in [1.82, 2.24) is 10.3 Å². The zero-order valence-corrected chi connectivity index (χ0v) is 14.6. The lowest BCUT2D eigenvalue weighted by molar-refractivity contribution is -0.387. The number of hydrogen-bond donors (Lipinski definition) is 2. The van der Waals surface area contributed by atoms with Crippen molar-refractivity contribution >= 4 is 63.9 Å². The van der Waals surface area contributed by atoms with E-state index in [1.165, 1.54) is 12.4 Å². The molecule has 2 N–H and O–H groups in total. The van der Waals surface area contributed by atoms with E-state index in [-0.39, 0.29) is 24.8 Å². The zero-order valence-electron chi connectivity index (χ0n) is 11.5. The van der Waals surface area contributed by atoms with Crippen LogP contribution in [0, 0.1) is 10.1 Å². The zero-order chi connectivity index (χ0) is 17.9. The molecule has 0 aliphatic carbocycles. The Morgan fingerprint density at radius 1 is 1.38 bits per heavy atom. The van der Waals surface area contributed by atoms with Crippen LogP contribution >= 0.6 is 46.3 Å². The van der Waals surface area contributed by atoms with Crippen LogP contribution in [0.15, 0.2) is 27.6 Å². The number of rotatable bonds is 6. The summed E-state index contributed by atoms with van der Waals surface area (Å²) in [6, 6.07) is 1.08. The standard InChI is InChI=1S/C12H7Cl2N3O5S2/c13-5-2-15-3-6(14)10(5)24-12-7(17(21)22)1-8(23-12)11(20)16-4-9(18)19/h1-3H,4H2,(H,16,20)(H,18,19). The Morgan fingerprint density at radius 3 is 2.54 bits per heavy atom. The second-order valence-electron chi connectivity index (χ2n) is 4.15. The van der Waals surface area contributed by atoms with Crippen molar-refractivity contribution in [3.63, 3.8) is 0 Å². The molecule has 126 valence electrons. The molecule has 2 heterocycles. The average Bonchev–Trinajstić information content (AvgIpc) is 2.93. The number of amides is 1. The molecule has 2 rings (SSSR count). The van der Waals surface area contributed by atoms with E-state index in [4.69, 9.17) is 28.3 Å². The minimum atomic E-state index is -1.22. The fourth-order valence-corrected chi connectivity index (χ4v) is 4.29. The third-order valence-corrected chi connectivity index (χ3v) is 5.76. The van der Waals surface area contributed by atoms with Crippen molar-refractivity contribution < 1.29 is 19.6 Å². The van der Waals surface area contributed by atoms with E-state index in [0.717, 1.165) is 29.2 Å². The molecule has 0 aliphatic rings. The van der Waals surface area contributed by atoms with E-state index in [1.807, 2.05) is 0 Å². The molecule has 24 heavy (non-hydrogen) atoms. The van der Waals surface area contributed by atoms with Crippen LogP contribution in [0.2, 0.25) is 10.0 Å². The number of hydrogen-bond acceptors (Lipinski definition) is 7. The second kappa shape index (κ2) is 7.79. The summed E-state index contributed by atoms with van der Waals surface area (Å²) >= 11 is 13.7. The highest BCUT2D eigenvalue weighted by atomic mass is 35.5. The minimum Gasteiger partial charge on any atom is -0.480 e. The maximum absolute atomic E-state index is 11.9. The molecule has 2 aromatic rings. The molecule has 0 radical (unpaired) electrons. The first-order chi connectivity index (χ1) is 11.3. The molecular formula is C12H7Cl2N3O5S2. The van der Waals surface area contributed by atoms with E-state index < -0.39 is 23.3 Å². The fraction of sp³-hybridized carbons (Fsp3) is 0.0833. The number of aliphatic carboxylic acids is 1. The fourth-order valence-electron chi connectivity index (χ4n) is 1.51. The lowest BCUT2D eigenvalue weighted by Crippen LogP contribution is -2.28. The molecule has 0 fully saturated rings. The maximum atomic E-state index is 11.9. The molecule has 8 nitrogen and oxygen atoms in total. The summed E-state index contributed by atoms with van der Waals surface area (Å²) in [6.07, 6.45) is 2.69. The van der Waals surface area contributed by atoms with Gasteiger partial charge in [-0.1, -0.05) is 35.0 Å². The Bertz CT molecular complexity index is 807. The van der Waals surface area contributed by atoms with E-state index in [9.17, 15) is 19.7 Å². The molecule has 12 heteroatoms. The number of pyridine rings is 1. The highest BCUT2D eigenvalue weighted by Crippen LogP contribution is 2.45. The molecule has 0 atom stereocenters. The first-order valence-corrected chi connectivity index (χ1v) is 8.43. The quantitative estimate of drug-likeness (QED) is 0.555. The van der Waals surface area contributed by atoms with Crippen molar-refractivity contribution in [2.45, 2.75) is 9.10 Å². The lowest BCUT2D eigenvalue weighted by atomic mass is 10.4. The Labute approximate surface area is 152 Å². The van der Waals surface area contributed by atoms with Crippen LogP contribution < -0.4 is 5.32 Å². The number of aromatic nitrogens is 1. The Hall–Kier alpha value is -1.88. The number of halogens is 2. The van der Waals surface area contributed by atoms with Gasteiger partial charge in [-0.05, 0) is 0 Å². The molecule has 0 spiro atoms. The average molecular weight is 408 g/mol. The maximum Gasteiger partial charge on any atom is 0.322 e. The van der Waals surface area contributed by atoms with Gasteiger partial charge in [-0.25, -0.2) is 0 Å². The van der Waals surface area contributed by atoms with Crippen LogP contribution in [0.5, 0.6) is 0 Å². The summed E-state index contributed by atoms with van der Waals surface area (Å²) in [4.78, 5) is 37.0. The Kier molecular flexibility index (Phi) is 5.99. The molecule has 0 bridgehead atoms. The van der Waals surface area contributed by atoms with Crippen molar-refractivity contribution in [3.05, 3.63) is 43.5 Å². The molecule has 0 saturated carbocycles. The van der Waals surface area contributed by atoms with E-state index >= 15 is 0 Å². The summed E-state index contributed by atoms with van der Waals surface area (Å²) < 4.78 is 0.190. The minimum absolute atomic E-state index is 0.00625. The van der Waals surface area contributed by atoms with E-state index in [2.05, 4.69) is 10.3 Å². The van der Waals surface area contributed by atoms with Gasteiger partial charge in [-0.15, -0.1) is 11.3 Å². The Morgan fingerprint density at radius 2 is 2.00 bits per heavy atom. The van der Waals surface area contributed by atoms with E-state index in [1.54, 1.807) is 0 Å². The first kappa shape index (κ1) is 18.5. The molecule has 1 amide bonds. The SMILES string of the molecule is O=C(O)CNC(=O)c1cc([N+](=O)[O-])c(Sc2c(Cl)cncc2Cl)s1. The summed E-state index contributed by atoms with van der Waals surface area (Å²) in [5.41, 5.74) is -0.297. The summed E-state index contributed by atoms with van der Waals surface area (Å²) in [6.45, 7) is -0.588. The van der Waals surface area contributed by atoms with Crippen LogP contribution in [0.1, 0.15) is 9.67 Å². The van der Waals surface area contributed by atoms with Crippen molar-refractivity contribution in [2.24, 2.45) is 0 Å². The van der Waals surface area contributed by atoms with Gasteiger partial charge in [-0.2, -0.15) is 0 Å². The van der Waals surface area contributed by atoms with Crippen LogP contribution in [0.3, 0.4) is 0 Å². The van der Waals surface area contributed by atoms with Gasteiger partial charge in [0.05, 0.1) is 19.9 Å². The first-order valence-electron chi connectivity index (χ1n) is 6.04. The monoisotopic (exact) mass is 407 g/mol. The van der Waals surface area contributed by atoms with Crippen LogP contribution in [0.4, 0.5) is 5.69 Å². The Balaban J connectivity index is 2.34. The van der Waals surface area contributed by atoms with Gasteiger partial charge in [0.15, 0.2) is 0 Å². The largest absolute Gasteiger partial charge is 0.480 e. The number of carboxylic acids is 1. The van der Waals surface area contributed by atoms with Gasteiger partial charge < -0.3 is 10.4 Å². The number of carbonyl (C=O) groups excluding carboxylic acids is 1. The van der Waals surface area contributed by atoms with Gasteiger partial charge in [-0.3, -0.25) is 24.7 Å². The van der Waals surface area contributed by atoms with Crippen molar-refractivity contribution in [1.29, 1.82) is 0 Å². The van der Waals surface area contributed by atoms with Crippen LogP contribution in [-0.2, 0) is 4.79 Å². The van der Waals surface area contributed by atoms with Crippen LogP contribution in [0.25, 0.3) is 0 Å². The highest BCUT2D eigenvalue weighted by Gasteiger charge is 2.25. The van der Waals surface area contributed by atoms with Crippen molar-refractivity contribution in [2.75, 3.05) is 6.54 Å². The third kappa shape index (κ3) is 4.35.